The molecule has 2 heterocycles. The van der Waals surface area contributed by atoms with Crippen LogP contribution in [0, 0.1) is 5.82 Å². The van der Waals surface area contributed by atoms with Gasteiger partial charge in [0, 0.05) is 30.9 Å². The number of nitrogens with two attached hydrogens (primary N) is 2. The zero-order valence-electron chi connectivity index (χ0n) is 20.7. The summed E-state index contributed by atoms with van der Waals surface area (Å²) in [6.45, 7) is 3.20. The molecule has 1 fully saturated rings. The lowest BCUT2D eigenvalue weighted by Gasteiger charge is -2.35. The minimum absolute atomic E-state index is 0.244. The second-order valence-corrected chi connectivity index (χ2v) is 10.6. The molecule has 1 aliphatic carbocycles. The molecule has 191 valence electrons. The fourth-order valence-corrected chi connectivity index (χ4v) is 5.73. The molecule has 0 saturated carbocycles. The molecule has 6 nitrogen and oxygen atoms in total. The first-order valence-electron chi connectivity index (χ1n) is 12.4. The van der Waals surface area contributed by atoms with Gasteiger partial charge < -0.3 is 16.2 Å². The molecule has 2 aliphatic rings. The molecule has 3 unspecified atom stereocenters. The minimum Gasteiger partial charge on any atom is -0.397 e. The second kappa shape index (κ2) is 11.2. The van der Waals surface area contributed by atoms with Crippen molar-refractivity contribution in [3.8, 4) is 5.69 Å². The average molecular weight is 520 g/mol. The van der Waals surface area contributed by atoms with Gasteiger partial charge in [0.05, 0.1) is 29.4 Å². The number of hydrogen-bond acceptors (Lipinski definition) is 5. The van der Waals surface area contributed by atoms with Crippen LogP contribution < -0.4 is 16.9 Å². The summed E-state index contributed by atoms with van der Waals surface area (Å²) >= 11 is 0. The fourth-order valence-electron chi connectivity index (χ4n) is 4.59. The molecule has 1 aromatic heterocycles. The molecule has 0 bridgehead atoms. The van der Waals surface area contributed by atoms with E-state index in [1.807, 2.05) is 55.3 Å². The molecular formula is C27H30BF2N5OP. The molecular weight excluding hydrogens is 490 g/mol. The molecule has 5 rings (SSSR count). The van der Waals surface area contributed by atoms with Crippen molar-refractivity contribution in [3.63, 3.8) is 0 Å². The van der Waals surface area contributed by atoms with Gasteiger partial charge >= 0.3 is 0 Å². The van der Waals surface area contributed by atoms with Gasteiger partial charge in [-0.25, -0.2) is 13.5 Å². The number of halogens is 2. The Morgan fingerprint density at radius 1 is 1.19 bits per heavy atom. The van der Waals surface area contributed by atoms with Crippen LogP contribution in [0.4, 0.5) is 20.2 Å². The smallest absolute Gasteiger partial charge is 0.148 e. The van der Waals surface area contributed by atoms with E-state index < -0.39 is 6.17 Å². The Kier molecular flexibility index (Phi) is 7.75. The summed E-state index contributed by atoms with van der Waals surface area (Å²) in [6.07, 6.45) is 7.57. The van der Waals surface area contributed by atoms with Gasteiger partial charge in [0.2, 0.25) is 0 Å². The molecule has 1 aliphatic heterocycles. The van der Waals surface area contributed by atoms with E-state index in [9.17, 15) is 8.78 Å². The van der Waals surface area contributed by atoms with Gasteiger partial charge in [-0.05, 0) is 56.6 Å². The number of allylic oxidation sites excluding steroid dienone is 4. The monoisotopic (exact) mass is 520 g/mol. The van der Waals surface area contributed by atoms with Gasteiger partial charge in [0.1, 0.15) is 25.5 Å². The molecule has 3 atom stereocenters. The predicted molar refractivity (Wildman–Crippen MR) is 149 cm³/mol. The largest absolute Gasteiger partial charge is 0.397 e. The summed E-state index contributed by atoms with van der Waals surface area (Å²) in [5, 5.41) is 4.92. The molecule has 1 radical (unpaired) electrons. The van der Waals surface area contributed by atoms with Crippen molar-refractivity contribution in [2.45, 2.75) is 32.1 Å². The Hall–Kier alpha value is -3.00. The second-order valence-electron chi connectivity index (χ2n) is 9.18. The molecule has 10 heteroatoms. The van der Waals surface area contributed by atoms with Crippen molar-refractivity contribution in [1.82, 2.24) is 14.5 Å². The van der Waals surface area contributed by atoms with E-state index in [0.29, 0.717) is 46.0 Å². The Balaban J connectivity index is 1.47. The van der Waals surface area contributed by atoms with E-state index in [0.717, 1.165) is 34.1 Å². The van der Waals surface area contributed by atoms with E-state index in [2.05, 4.69) is 4.67 Å². The predicted octanol–water partition coefficient (Wildman–Crippen LogP) is 4.40. The van der Waals surface area contributed by atoms with Crippen molar-refractivity contribution in [2.24, 2.45) is 0 Å². The van der Waals surface area contributed by atoms with E-state index in [4.69, 9.17) is 21.3 Å². The summed E-state index contributed by atoms with van der Waals surface area (Å²) in [6, 6.07) is 11.0. The Morgan fingerprint density at radius 2 is 1.97 bits per heavy atom. The zero-order valence-corrected chi connectivity index (χ0v) is 21.7. The van der Waals surface area contributed by atoms with Crippen LogP contribution in [0.1, 0.15) is 29.5 Å². The summed E-state index contributed by atoms with van der Waals surface area (Å²) in [5.41, 5.74) is 17.4. The molecule has 2 aromatic carbocycles. The number of rotatable bonds is 7. The number of hydrogen-bond donors (Lipinski definition) is 2. The van der Waals surface area contributed by atoms with Gasteiger partial charge in [0.25, 0.3) is 0 Å². The number of nitrogen functional groups attached to an aromatic ring is 2. The first kappa shape index (κ1) is 25.6. The first-order valence-corrected chi connectivity index (χ1v) is 13.6. The highest BCUT2D eigenvalue weighted by molar-refractivity contribution is 7.35. The molecule has 37 heavy (non-hydrogen) atoms. The standard InChI is InChI=1S/C27H30BF2N5OP/c1-28-19-4-8-21(9-5-19)34-16-22(26(33-34)17-2-6-20(29)7-3-17)27-35(37-13-12-36-27)11-10-18-14-24(31)25(32)15-23(18)30/h2-6,8-9,14-16,20,27,37H,7,10-13,31-32H2,1H3. The van der Waals surface area contributed by atoms with Crippen LogP contribution in [0.25, 0.3) is 11.3 Å². The van der Waals surface area contributed by atoms with Gasteiger partial charge in [-0.2, -0.15) is 5.10 Å². The van der Waals surface area contributed by atoms with Crippen molar-refractivity contribution in [2.75, 3.05) is 30.8 Å². The molecule has 1 saturated heterocycles. The lowest BCUT2D eigenvalue weighted by molar-refractivity contribution is -0.0223. The van der Waals surface area contributed by atoms with Crippen LogP contribution in [-0.2, 0) is 11.2 Å². The van der Waals surface area contributed by atoms with Crippen molar-refractivity contribution >= 4 is 38.4 Å². The van der Waals surface area contributed by atoms with Gasteiger partial charge in [-0.1, -0.05) is 36.6 Å². The molecule has 0 amide bonds. The number of anilines is 2. The number of ether oxygens (including phenoxy) is 1. The normalized spacial score (nSPS) is 20.8. The number of nitrogens with zero attached hydrogens (tertiary/aromatic N) is 3. The van der Waals surface area contributed by atoms with Crippen LogP contribution in [-0.4, -0.2) is 47.2 Å². The number of aromatic nitrogens is 2. The topological polar surface area (TPSA) is 82.3 Å². The maximum absolute atomic E-state index is 14.5. The van der Waals surface area contributed by atoms with Gasteiger partial charge in [-0.3, -0.25) is 4.67 Å². The van der Waals surface area contributed by atoms with Crippen LogP contribution >= 0.6 is 8.73 Å². The Labute approximate surface area is 218 Å². The quantitative estimate of drug-likeness (QED) is 0.274. The molecule has 4 N–H and O–H groups in total. The van der Waals surface area contributed by atoms with Crippen LogP contribution in [0.15, 0.2) is 60.8 Å². The van der Waals surface area contributed by atoms with E-state index >= 15 is 0 Å². The highest BCUT2D eigenvalue weighted by atomic mass is 31.1. The maximum atomic E-state index is 14.5. The molecule has 0 spiro atoms. The maximum Gasteiger partial charge on any atom is 0.148 e. The van der Waals surface area contributed by atoms with E-state index in [-0.39, 0.29) is 17.7 Å². The van der Waals surface area contributed by atoms with Crippen molar-refractivity contribution < 1.29 is 13.5 Å². The van der Waals surface area contributed by atoms with Gasteiger partial charge in [0.15, 0.2) is 0 Å². The fraction of sp³-hybridized carbons (Fsp3) is 0.296. The van der Waals surface area contributed by atoms with E-state index in [1.165, 1.54) is 6.07 Å². The third-order valence-corrected chi connectivity index (χ3v) is 7.96. The summed E-state index contributed by atoms with van der Waals surface area (Å²) in [4.78, 5) is 0. The highest BCUT2D eigenvalue weighted by Crippen LogP contribution is 2.40. The highest BCUT2D eigenvalue weighted by Gasteiger charge is 2.30. The summed E-state index contributed by atoms with van der Waals surface area (Å²) < 4.78 is 38.7. The average Bonchev–Trinajstić information content (AvgIpc) is 3.36. The first-order chi connectivity index (χ1) is 17.9. The van der Waals surface area contributed by atoms with E-state index in [1.54, 1.807) is 18.2 Å². The third kappa shape index (κ3) is 5.64. The number of benzene rings is 2. The van der Waals surface area contributed by atoms with Crippen molar-refractivity contribution in [3.05, 3.63) is 83.5 Å². The molecule has 3 aromatic rings. The van der Waals surface area contributed by atoms with Gasteiger partial charge in [-0.15, -0.1) is 0 Å². The minimum atomic E-state index is -0.988. The van der Waals surface area contributed by atoms with Crippen LogP contribution in [0.3, 0.4) is 0 Å². The Morgan fingerprint density at radius 3 is 2.70 bits per heavy atom. The summed E-state index contributed by atoms with van der Waals surface area (Å²) in [5.74, 6) is -0.357. The lowest BCUT2D eigenvalue weighted by Crippen LogP contribution is -2.31. The SMILES string of the molecule is C[B]c1ccc(-n2cc(C3OCCPN3CCc3cc(N)c(N)cc3F)c(C3=CCC(F)C=C3)n2)cc1. The zero-order chi connectivity index (χ0) is 25.9. The van der Waals surface area contributed by atoms with Crippen LogP contribution in [0.5, 0.6) is 0 Å². The lowest BCUT2D eigenvalue weighted by atomic mass is 9.73. The Bertz CT molecular complexity index is 1330. The summed E-state index contributed by atoms with van der Waals surface area (Å²) in [7, 11) is 2.55. The number of alkyl halides is 1. The third-order valence-electron chi connectivity index (χ3n) is 6.67. The van der Waals surface area contributed by atoms with Crippen LogP contribution in [0.2, 0.25) is 6.82 Å². The van der Waals surface area contributed by atoms with Crippen molar-refractivity contribution in [1.29, 1.82) is 0 Å².